The van der Waals surface area contributed by atoms with E-state index in [1.165, 1.54) is 18.3 Å². The monoisotopic (exact) mass is 425 g/mol. The van der Waals surface area contributed by atoms with E-state index in [4.69, 9.17) is 28.5 Å². The standard InChI is InChI=1S/C17H17Cl2N5O2S/c18-13-1-2-14(19)16(9-13)27(25,26)23-11-12-3-7-24(8-4-12)17-15(10-20)21-5-6-22-17/h1-2,5-6,9,12,23H,3-4,7-8,11H2. The van der Waals surface area contributed by atoms with Crippen LogP contribution in [0, 0.1) is 17.2 Å². The average molecular weight is 426 g/mol. The maximum absolute atomic E-state index is 12.5. The SMILES string of the molecule is N#Cc1nccnc1N1CCC(CNS(=O)(=O)c2cc(Cl)ccc2Cl)CC1. The molecule has 3 rings (SSSR count). The lowest BCUT2D eigenvalue weighted by molar-refractivity contribution is 0.400. The topological polar surface area (TPSA) is 99.0 Å². The molecule has 1 aliphatic rings. The van der Waals surface area contributed by atoms with Crippen LogP contribution >= 0.6 is 23.2 Å². The molecule has 0 amide bonds. The molecule has 0 aliphatic carbocycles. The van der Waals surface area contributed by atoms with Crippen LogP contribution < -0.4 is 9.62 Å². The number of hydrogen-bond donors (Lipinski definition) is 1. The van der Waals surface area contributed by atoms with Crippen LogP contribution in [0.4, 0.5) is 5.82 Å². The molecule has 0 unspecified atom stereocenters. The van der Waals surface area contributed by atoms with E-state index in [-0.39, 0.29) is 15.8 Å². The first-order valence-corrected chi connectivity index (χ1v) is 10.6. The third kappa shape index (κ3) is 4.68. The third-order valence-corrected chi connectivity index (χ3v) is 6.58. The Bertz CT molecular complexity index is 970. The van der Waals surface area contributed by atoms with Gasteiger partial charge in [-0.05, 0) is 37.0 Å². The summed E-state index contributed by atoms with van der Waals surface area (Å²) in [5, 5.41) is 9.59. The second-order valence-corrected chi connectivity index (χ2v) is 8.78. The number of nitrogens with one attached hydrogen (secondary N) is 1. The minimum Gasteiger partial charge on any atom is -0.354 e. The highest BCUT2D eigenvalue weighted by Gasteiger charge is 2.25. The van der Waals surface area contributed by atoms with Gasteiger partial charge in [0, 0.05) is 37.1 Å². The quantitative estimate of drug-likeness (QED) is 0.790. The Morgan fingerprint density at radius 3 is 2.63 bits per heavy atom. The maximum Gasteiger partial charge on any atom is 0.242 e. The molecule has 0 atom stereocenters. The normalized spacial score (nSPS) is 15.5. The summed E-state index contributed by atoms with van der Waals surface area (Å²) in [7, 11) is -3.73. The molecule has 1 aliphatic heterocycles. The van der Waals surface area contributed by atoms with E-state index in [1.54, 1.807) is 12.3 Å². The number of sulfonamides is 1. The summed E-state index contributed by atoms with van der Waals surface area (Å²) in [5.41, 5.74) is 0.298. The smallest absolute Gasteiger partial charge is 0.242 e. The second-order valence-electron chi connectivity index (χ2n) is 6.20. The highest BCUT2D eigenvalue weighted by molar-refractivity contribution is 7.89. The van der Waals surface area contributed by atoms with Crippen molar-refractivity contribution in [3.05, 3.63) is 46.3 Å². The van der Waals surface area contributed by atoms with Crippen molar-refractivity contribution in [1.82, 2.24) is 14.7 Å². The van der Waals surface area contributed by atoms with Crippen LogP contribution in [0.1, 0.15) is 18.5 Å². The van der Waals surface area contributed by atoms with E-state index in [0.717, 1.165) is 12.8 Å². The summed E-state index contributed by atoms with van der Waals surface area (Å²) < 4.78 is 27.6. The molecule has 0 radical (unpaired) electrons. The van der Waals surface area contributed by atoms with Crippen LogP contribution in [0.25, 0.3) is 0 Å². The van der Waals surface area contributed by atoms with Crippen molar-refractivity contribution >= 4 is 39.0 Å². The summed E-state index contributed by atoms with van der Waals surface area (Å²) in [6, 6.07) is 6.39. The summed E-state index contributed by atoms with van der Waals surface area (Å²) >= 11 is 11.9. The number of halogens is 2. The van der Waals surface area contributed by atoms with E-state index in [9.17, 15) is 8.42 Å². The Kier molecular flexibility index (Phi) is 6.17. The number of piperidine rings is 1. The third-order valence-electron chi connectivity index (χ3n) is 4.44. The zero-order valence-corrected chi connectivity index (χ0v) is 16.6. The second kappa shape index (κ2) is 8.40. The summed E-state index contributed by atoms with van der Waals surface area (Å²) in [4.78, 5) is 10.3. The van der Waals surface area contributed by atoms with Crippen molar-refractivity contribution in [2.24, 2.45) is 5.92 Å². The fourth-order valence-electron chi connectivity index (χ4n) is 2.98. The molecule has 2 heterocycles. The lowest BCUT2D eigenvalue weighted by atomic mass is 9.97. The fraction of sp³-hybridized carbons (Fsp3) is 0.353. The van der Waals surface area contributed by atoms with Gasteiger partial charge in [-0.15, -0.1) is 0 Å². The average Bonchev–Trinajstić information content (AvgIpc) is 2.68. The molecule has 0 bridgehead atoms. The Labute approximate surface area is 168 Å². The lowest BCUT2D eigenvalue weighted by Gasteiger charge is -2.32. The number of aromatic nitrogens is 2. The minimum atomic E-state index is -3.73. The maximum atomic E-state index is 12.5. The lowest BCUT2D eigenvalue weighted by Crippen LogP contribution is -2.39. The number of rotatable bonds is 5. The largest absolute Gasteiger partial charge is 0.354 e. The van der Waals surface area contributed by atoms with E-state index >= 15 is 0 Å². The molecular formula is C17H17Cl2N5O2S. The molecular weight excluding hydrogens is 409 g/mol. The Morgan fingerprint density at radius 1 is 1.22 bits per heavy atom. The van der Waals surface area contributed by atoms with E-state index < -0.39 is 10.0 Å². The fourth-order valence-corrected chi connectivity index (χ4v) is 4.85. The first-order chi connectivity index (χ1) is 12.9. The van der Waals surface area contributed by atoms with Gasteiger partial charge < -0.3 is 4.90 Å². The molecule has 1 aromatic carbocycles. The highest BCUT2D eigenvalue weighted by atomic mass is 35.5. The van der Waals surface area contributed by atoms with Gasteiger partial charge in [0.25, 0.3) is 0 Å². The van der Waals surface area contributed by atoms with Crippen LogP contribution in [0.5, 0.6) is 0 Å². The summed E-state index contributed by atoms with van der Waals surface area (Å²) in [6.45, 7) is 1.67. The number of hydrogen-bond acceptors (Lipinski definition) is 6. The Hall–Kier alpha value is -1.92. The van der Waals surface area contributed by atoms with Crippen molar-refractivity contribution < 1.29 is 8.42 Å². The van der Waals surface area contributed by atoms with Crippen molar-refractivity contribution in [3.8, 4) is 6.07 Å². The van der Waals surface area contributed by atoms with E-state index in [2.05, 4.69) is 14.7 Å². The Morgan fingerprint density at radius 2 is 1.93 bits per heavy atom. The predicted molar refractivity (Wildman–Crippen MR) is 103 cm³/mol. The zero-order chi connectivity index (χ0) is 19.4. The van der Waals surface area contributed by atoms with Gasteiger partial charge in [0.15, 0.2) is 11.5 Å². The molecule has 1 fully saturated rings. The van der Waals surface area contributed by atoms with Crippen molar-refractivity contribution in [1.29, 1.82) is 5.26 Å². The predicted octanol–water partition coefficient (Wildman–Crippen LogP) is 2.85. The van der Waals surface area contributed by atoms with Crippen LogP contribution in [0.3, 0.4) is 0 Å². The Balaban J connectivity index is 1.60. The minimum absolute atomic E-state index is 0.0210. The van der Waals surface area contributed by atoms with Crippen LogP contribution in [0.15, 0.2) is 35.5 Å². The summed E-state index contributed by atoms with van der Waals surface area (Å²) in [6.07, 6.45) is 4.59. The van der Waals surface area contributed by atoms with Gasteiger partial charge in [0.05, 0.1) is 5.02 Å². The molecule has 142 valence electrons. The first-order valence-electron chi connectivity index (χ1n) is 8.31. The van der Waals surface area contributed by atoms with Gasteiger partial charge in [0.1, 0.15) is 11.0 Å². The first kappa shape index (κ1) is 19.8. The molecule has 2 aromatic rings. The van der Waals surface area contributed by atoms with Crippen LogP contribution in [0.2, 0.25) is 10.0 Å². The van der Waals surface area contributed by atoms with Crippen molar-refractivity contribution in [2.75, 3.05) is 24.5 Å². The molecule has 0 spiro atoms. The molecule has 10 heteroatoms. The number of benzene rings is 1. The van der Waals surface area contributed by atoms with Gasteiger partial charge in [-0.1, -0.05) is 23.2 Å². The van der Waals surface area contributed by atoms with Crippen molar-refractivity contribution in [3.63, 3.8) is 0 Å². The van der Waals surface area contributed by atoms with Crippen LogP contribution in [-0.4, -0.2) is 38.0 Å². The van der Waals surface area contributed by atoms with E-state index in [1.807, 2.05) is 11.0 Å². The van der Waals surface area contributed by atoms with Gasteiger partial charge in [-0.3, -0.25) is 0 Å². The van der Waals surface area contributed by atoms with Gasteiger partial charge in [0.2, 0.25) is 10.0 Å². The zero-order valence-electron chi connectivity index (χ0n) is 14.3. The molecule has 1 saturated heterocycles. The van der Waals surface area contributed by atoms with Crippen molar-refractivity contribution in [2.45, 2.75) is 17.7 Å². The van der Waals surface area contributed by atoms with Gasteiger partial charge in [-0.25, -0.2) is 23.1 Å². The molecule has 27 heavy (non-hydrogen) atoms. The number of nitrogens with zero attached hydrogens (tertiary/aromatic N) is 4. The highest BCUT2D eigenvalue weighted by Crippen LogP contribution is 2.26. The number of anilines is 1. The molecule has 1 N–H and O–H groups in total. The molecule has 7 nitrogen and oxygen atoms in total. The van der Waals surface area contributed by atoms with Crippen LogP contribution in [-0.2, 0) is 10.0 Å². The molecule has 1 aromatic heterocycles. The molecule has 0 saturated carbocycles. The summed E-state index contributed by atoms with van der Waals surface area (Å²) in [5.74, 6) is 0.751. The van der Waals surface area contributed by atoms with E-state index in [0.29, 0.717) is 36.2 Å². The van der Waals surface area contributed by atoms with Gasteiger partial charge in [-0.2, -0.15) is 5.26 Å². The van der Waals surface area contributed by atoms with Gasteiger partial charge >= 0.3 is 0 Å². The number of nitriles is 1.